The first-order chi connectivity index (χ1) is 14.3. The van der Waals surface area contributed by atoms with Crippen LogP contribution in [0.5, 0.6) is 5.75 Å². The molecule has 1 aromatic heterocycles. The molecule has 0 amide bonds. The third-order valence-electron chi connectivity index (χ3n) is 5.72. The van der Waals surface area contributed by atoms with Gasteiger partial charge in [0.25, 0.3) is 0 Å². The van der Waals surface area contributed by atoms with Crippen molar-refractivity contribution in [2.75, 3.05) is 31.1 Å². The van der Waals surface area contributed by atoms with Gasteiger partial charge in [-0.05, 0) is 36.3 Å². The number of fused-ring (bicyclic) bond motifs is 1. The Morgan fingerprint density at radius 1 is 0.862 bits per heavy atom. The molecule has 0 aliphatic carbocycles. The second kappa shape index (κ2) is 9.10. The van der Waals surface area contributed by atoms with Crippen LogP contribution in [0.2, 0.25) is 0 Å². The van der Waals surface area contributed by atoms with E-state index in [9.17, 15) is 0 Å². The zero-order valence-corrected chi connectivity index (χ0v) is 17.2. The number of anilines is 1. The molecule has 1 aliphatic heterocycles. The highest BCUT2D eigenvalue weighted by molar-refractivity contribution is 5.57. The van der Waals surface area contributed by atoms with Gasteiger partial charge in [0.2, 0.25) is 0 Å². The third-order valence-corrected chi connectivity index (χ3v) is 5.72. The second-order valence-electron chi connectivity index (χ2n) is 7.35. The van der Waals surface area contributed by atoms with E-state index in [1.165, 1.54) is 11.1 Å². The van der Waals surface area contributed by atoms with Crippen molar-refractivity contribution in [3.63, 3.8) is 0 Å². The molecule has 0 N–H and O–H groups in total. The number of aromatic nitrogens is 1. The molecule has 2 unspecified atom stereocenters. The Morgan fingerprint density at radius 2 is 1.52 bits per heavy atom. The average Bonchev–Trinajstić information content (AvgIpc) is 2.80. The average molecular weight is 388 g/mol. The maximum absolute atomic E-state index is 6.56. The largest absolute Gasteiger partial charge is 0.479 e. The molecule has 2 aromatic carbocycles. The fourth-order valence-corrected chi connectivity index (χ4v) is 4.12. The normalized spacial score (nSPS) is 18.4. The zero-order valence-electron chi connectivity index (χ0n) is 17.2. The van der Waals surface area contributed by atoms with Crippen molar-refractivity contribution in [2.45, 2.75) is 26.0 Å². The fourth-order valence-electron chi connectivity index (χ4n) is 4.12. The first-order valence-electron chi connectivity index (χ1n) is 10.5. The smallest absolute Gasteiger partial charge is 0.172 e. The van der Waals surface area contributed by atoms with E-state index in [4.69, 9.17) is 9.72 Å². The molecule has 1 aliphatic rings. The van der Waals surface area contributed by atoms with Crippen molar-refractivity contribution in [3.8, 4) is 5.75 Å². The maximum Gasteiger partial charge on any atom is 0.172 e. The Hall–Kier alpha value is -2.85. The number of ether oxygens (including phenoxy) is 1. The summed E-state index contributed by atoms with van der Waals surface area (Å²) in [7, 11) is 0. The number of nitrogens with zero attached hydrogens (tertiary/aromatic N) is 3. The summed E-state index contributed by atoms with van der Waals surface area (Å²) in [4.78, 5) is 9.61. The van der Waals surface area contributed by atoms with Crippen LogP contribution in [-0.4, -0.2) is 36.1 Å². The lowest BCUT2D eigenvalue weighted by Gasteiger charge is -2.43. The van der Waals surface area contributed by atoms with Gasteiger partial charge in [0.1, 0.15) is 6.10 Å². The van der Waals surface area contributed by atoms with Crippen LogP contribution in [0.25, 0.3) is 0 Å². The molecule has 0 bridgehead atoms. The minimum Gasteiger partial charge on any atom is -0.479 e. The lowest BCUT2D eigenvalue weighted by atomic mass is 9.92. The summed E-state index contributed by atoms with van der Waals surface area (Å²) in [5.74, 6) is 1.79. The van der Waals surface area contributed by atoms with Gasteiger partial charge in [0.15, 0.2) is 11.6 Å². The quantitative estimate of drug-likeness (QED) is 0.564. The Kier molecular flexibility index (Phi) is 6.11. The minimum absolute atomic E-state index is 0.0663. The van der Waals surface area contributed by atoms with Crippen LogP contribution < -0.4 is 9.64 Å². The topological polar surface area (TPSA) is 28.6 Å². The van der Waals surface area contributed by atoms with Crippen LogP contribution in [0.3, 0.4) is 0 Å². The van der Waals surface area contributed by atoms with Gasteiger partial charge in [-0.2, -0.15) is 0 Å². The van der Waals surface area contributed by atoms with Crippen molar-refractivity contribution in [3.05, 3.63) is 90.1 Å². The molecule has 3 aromatic rings. The van der Waals surface area contributed by atoms with Crippen molar-refractivity contribution >= 4 is 5.82 Å². The molecule has 0 saturated carbocycles. The number of hydrogen-bond acceptors (Lipinski definition) is 4. The molecule has 4 rings (SSSR count). The zero-order chi connectivity index (χ0) is 20.1. The Balaban J connectivity index is 1.79. The summed E-state index contributed by atoms with van der Waals surface area (Å²) in [5.41, 5.74) is 2.43. The SMILES string of the molecule is CCN(CC)CCN1c2ncccc2OC(c2ccccc2)C1c1ccccc1. The van der Waals surface area contributed by atoms with E-state index >= 15 is 0 Å². The Bertz CT molecular complexity index is 896. The van der Waals surface area contributed by atoms with Gasteiger partial charge in [-0.3, -0.25) is 0 Å². The van der Waals surface area contributed by atoms with Crippen molar-refractivity contribution in [1.29, 1.82) is 0 Å². The molecule has 0 radical (unpaired) electrons. The van der Waals surface area contributed by atoms with Crippen molar-refractivity contribution < 1.29 is 4.74 Å². The summed E-state index contributed by atoms with van der Waals surface area (Å²) >= 11 is 0. The van der Waals surface area contributed by atoms with Crippen LogP contribution in [0, 0.1) is 0 Å². The standard InChI is InChI=1S/C25H29N3O/c1-3-27(4-2)18-19-28-23(20-12-7-5-8-13-20)24(21-14-9-6-10-15-21)29-22-16-11-17-26-25(22)28/h5-17,23-24H,3-4,18-19H2,1-2H3. The number of likely N-dealkylation sites (N-methyl/N-ethyl adjacent to an activating group) is 1. The molecule has 0 fully saturated rings. The highest BCUT2D eigenvalue weighted by Crippen LogP contribution is 2.47. The number of rotatable bonds is 7. The molecule has 29 heavy (non-hydrogen) atoms. The highest BCUT2D eigenvalue weighted by atomic mass is 16.5. The predicted molar refractivity (Wildman–Crippen MR) is 118 cm³/mol. The molecule has 150 valence electrons. The second-order valence-corrected chi connectivity index (χ2v) is 7.35. The Morgan fingerprint density at radius 3 is 2.17 bits per heavy atom. The lowest BCUT2D eigenvalue weighted by Crippen LogP contribution is -2.43. The van der Waals surface area contributed by atoms with E-state index in [1.54, 1.807) is 0 Å². The first-order valence-corrected chi connectivity index (χ1v) is 10.5. The van der Waals surface area contributed by atoms with Crippen molar-refractivity contribution in [1.82, 2.24) is 9.88 Å². The molecular formula is C25H29N3O. The fraction of sp³-hybridized carbons (Fsp3) is 0.320. The monoisotopic (exact) mass is 387 g/mol. The summed E-state index contributed by atoms with van der Waals surface area (Å²) < 4.78 is 6.56. The minimum atomic E-state index is -0.0907. The number of benzene rings is 2. The van der Waals surface area contributed by atoms with E-state index in [2.05, 4.69) is 84.3 Å². The van der Waals surface area contributed by atoms with Gasteiger partial charge in [-0.1, -0.05) is 74.5 Å². The molecule has 2 heterocycles. The van der Waals surface area contributed by atoms with Crippen molar-refractivity contribution in [2.24, 2.45) is 0 Å². The van der Waals surface area contributed by atoms with Gasteiger partial charge in [0, 0.05) is 19.3 Å². The van der Waals surface area contributed by atoms with Crippen LogP contribution in [-0.2, 0) is 0 Å². The summed E-state index contributed by atoms with van der Waals surface area (Å²) in [5, 5.41) is 0. The molecule has 4 heteroatoms. The summed E-state index contributed by atoms with van der Waals surface area (Å²) in [6.45, 7) is 8.43. The van der Waals surface area contributed by atoms with Gasteiger partial charge in [0.05, 0.1) is 6.04 Å². The van der Waals surface area contributed by atoms with Gasteiger partial charge < -0.3 is 14.5 Å². The lowest BCUT2D eigenvalue weighted by molar-refractivity contribution is 0.148. The van der Waals surface area contributed by atoms with E-state index in [0.29, 0.717) is 0 Å². The van der Waals surface area contributed by atoms with Crippen LogP contribution >= 0.6 is 0 Å². The van der Waals surface area contributed by atoms with Gasteiger partial charge >= 0.3 is 0 Å². The van der Waals surface area contributed by atoms with E-state index in [1.807, 2.05) is 18.3 Å². The van der Waals surface area contributed by atoms with E-state index in [0.717, 1.165) is 37.7 Å². The molecular weight excluding hydrogens is 358 g/mol. The predicted octanol–water partition coefficient (Wildman–Crippen LogP) is 5.10. The number of hydrogen-bond donors (Lipinski definition) is 0. The molecule has 0 spiro atoms. The van der Waals surface area contributed by atoms with Crippen LogP contribution in [0.1, 0.15) is 37.1 Å². The summed E-state index contributed by atoms with van der Waals surface area (Å²) in [6, 6.07) is 25.3. The van der Waals surface area contributed by atoms with Crippen LogP contribution in [0.4, 0.5) is 5.82 Å². The number of pyridine rings is 1. The summed E-state index contributed by atoms with van der Waals surface area (Å²) in [6.07, 6.45) is 1.77. The molecule has 0 saturated heterocycles. The van der Waals surface area contributed by atoms with Gasteiger partial charge in [-0.25, -0.2) is 4.98 Å². The third kappa shape index (κ3) is 4.13. The molecule has 2 atom stereocenters. The molecule has 4 nitrogen and oxygen atoms in total. The maximum atomic E-state index is 6.56. The Labute approximate surface area is 173 Å². The van der Waals surface area contributed by atoms with E-state index in [-0.39, 0.29) is 12.1 Å². The first kappa shape index (κ1) is 19.5. The van der Waals surface area contributed by atoms with Gasteiger partial charge in [-0.15, -0.1) is 0 Å². The van der Waals surface area contributed by atoms with E-state index < -0.39 is 0 Å². The highest BCUT2D eigenvalue weighted by Gasteiger charge is 2.38. The van der Waals surface area contributed by atoms with Crippen LogP contribution in [0.15, 0.2) is 79.0 Å².